The topological polar surface area (TPSA) is 55.1 Å². The van der Waals surface area contributed by atoms with Crippen LogP contribution in [-0.4, -0.2) is 12.3 Å². The first-order valence-electron chi connectivity index (χ1n) is 5.01. The van der Waals surface area contributed by atoms with E-state index in [2.05, 4.69) is 5.32 Å². The summed E-state index contributed by atoms with van der Waals surface area (Å²) in [7, 11) is 0. The lowest BCUT2D eigenvalue weighted by atomic mass is 10.1. The third-order valence-corrected chi connectivity index (χ3v) is 2.09. The zero-order valence-corrected chi connectivity index (χ0v) is 8.86. The molecule has 3 N–H and O–H groups in total. The Morgan fingerprint density at radius 2 is 2.07 bits per heavy atom. The van der Waals surface area contributed by atoms with Crippen molar-refractivity contribution in [2.24, 2.45) is 5.73 Å². The lowest BCUT2D eigenvalue weighted by molar-refractivity contribution is -0.115. The maximum Gasteiger partial charge on any atom is 0.161 e. The lowest BCUT2D eigenvalue weighted by Gasteiger charge is -2.04. The fourth-order valence-corrected chi connectivity index (χ4v) is 1.19. The van der Waals surface area contributed by atoms with Crippen LogP contribution in [0.1, 0.15) is 13.3 Å². The molecule has 80 valence electrons. The Morgan fingerprint density at radius 1 is 1.40 bits per heavy atom. The molecular weight excluding hydrogens is 188 g/mol. The minimum Gasteiger partial charge on any atom is -0.361 e. The van der Waals surface area contributed by atoms with Crippen LogP contribution < -0.4 is 11.1 Å². The summed E-state index contributed by atoms with van der Waals surface area (Å²) < 4.78 is 0. The van der Waals surface area contributed by atoms with Gasteiger partial charge in [-0.2, -0.15) is 0 Å². The van der Waals surface area contributed by atoms with Gasteiger partial charge in [0.15, 0.2) is 5.78 Å². The highest BCUT2D eigenvalue weighted by atomic mass is 16.1. The molecule has 0 aliphatic carbocycles. The van der Waals surface area contributed by atoms with Gasteiger partial charge in [-0.1, -0.05) is 25.1 Å². The molecule has 0 aliphatic rings. The van der Waals surface area contributed by atoms with Crippen molar-refractivity contribution >= 4 is 11.5 Å². The molecule has 0 fully saturated rings. The van der Waals surface area contributed by atoms with E-state index in [9.17, 15) is 4.79 Å². The van der Waals surface area contributed by atoms with E-state index in [0.717, 1.165) is 5.69 Å². The van der Waals surface area contributed by atoms with E-state index < -0.39 is 0 Å². The van der Waals surface area contributed by atoms with Gasteiger partial charge in [-0.15, -0.1) is 0 Å². The van der Waals surface area contributed by atoms with Gasteiger partial charge in [0.2, 0.25) is 0 Å². The van der Waals surface area contributed by atoms with Crippen LogP contribution in [-0.2, 0) is 4.79 Å². The summed E-state index contributed by atoms with van der Waals surface area (Å²) in [6.07, 6.45) is 2.17. The minimum absolute atomic E-state index is 0.0842. The fraction of sp³-hybridized carbons (Fsp3) is 0.250. The molecule has 0 saturated heterocycles. The number of benzene rings is 1. The quantitative estimate of drug-likeness (QED) is 0.720. The molecule has 0 atom stereocenters. The normalized spacial score (nSPS) is 11.2. The number of Topliss-reactive ketones (excluding diaryl/α,β-unsaturated/α-hetero) is 1. The second-order valence-electron chi connectivity index (χ2n) is 3.16. The number of carbonyl (C=O) groups excluding carboxylic acids is 1. The summed E-state index contributed by atoms with van der Waals surface area (Å²) >= 11 is 0. The molecule has 0 radical (unpaired) electrons. The number of anilines is 1. The van der Waals surface area contributed by atoms with E-state index >= 15 is 0 Å². The van der Waals surface area contributed by atoms with Gasteiger partial charge in [0.05, 0.1) is 0 Å². The first kappa shape index (κ1) is 11.5. The van der Waals surface area contributed by atoms with E-state index in [1.807, 2.05) is 37.3 Å². The highest BCUT2D eigenvalue weighted by Gasteiger charge is 2.03. The number of carbonyl (C=O) groups is 1. The van der Waals surface area contributed by atoms with Crippen LogP contribution in [0.2, 0.25) is 0 Å². The van der Waals surface area contributed by atoms with E-state index in [4.69, 9.17) is 5.73 Å². The van der Waals surface area contributed by atoms with Crippen LogP contribution in [0.25, 0.3) is 0 Å². The number of hydrogen-bond acceptors (Lipinski definition) is 3. The fourth-order valence-electron chi connectivity index (χ4n) is 1.19. The molecule has 15 heavy (non-hydrogen) atoms. The summed E-state index contributed by atoms with van der Waals surface area (Å²) in [6.45, 7) is 2.10. The zero-order valence-electron chi connectivity index (χ0n) is 8.86. The van der Waals surface area contributed by atoms with Crippen molar-refractivity contribution in [3.8, 4) is 0 Å². The van der Waals surface area contributed by atoms with Gasteiger partial charge in [0.1, 0.15) is 0 Å². The molecule has 3 heteroatoms. The van der Waals surface area contributed by atoms with Crippen molar-refractivity contribution in [3.05, 3.63) is 42.1 Å². The van der Waals surface area contributed by atoms with Crippen molar-refractivity contribution in [3.63, 3.8) is 0 Å². The summed E-state index contributed by atoms with van der Waals surface area (Å²) in [5.74, 6) is 0.0842. The Labute approximate surface area is 90.0 Å². The van der Waals surface area contributed by atoms with Crippen LogP contribution in [0.3, 0.4) is 0 Å². The van der Waals surface area contributed by atoms with E-state index in [-0.39, 0.29) is 12.3 Å². The maximum absolute atomic E-state index is 11.4. The smallest absolute Gasteiger partial charge is 0.161 e. The molecule has 0 amide bonds. The van der Waals surface area contributed by atoms with Crippen LogP contribution in [0.15, 0.2) is 42.1 Å². The molecule has 0 aromatic heterocycles. The molecule has 1 aromatic carbocycles. The largest absolute Gasteiger partial charge is 0.361 e. The molecule has 0 saturated carbocycles. The van der Waals surface area contributed by atoms with Crippen molar-refractivity contribution in [1.29, 1.82) is 0 Å². The third kappa shape index (κ3) is 3.56. The second kappa shape index (κ2) is 5.98. The molecular formula is C12H16N2O. The molecule has 1 aromatic rings. The monoisotopic (exact) mass is 204 g/mol. The summed E-state index contributed by atoms with van der Waals surface area (Å²) in [6, 6.07) is 9.66. The molecule has 0 spiro atoms. The highest BCUT2D eigenvalue weighted by molar-refractivity contribution is 5.95. The van der Waals surface area contributed by atoms with Gasteiger partial charge in [-0.05, 0) is 12.1 Å². The summed E-state index contributed by atoms with van der Waals surface area (Å²) in [4.78, 5) is 11.4. The maximum atomic E-state index is 11.4. The Morgan fingerprint density at radius 3 is 2.60 bits per heavy atom. The lowest BCUT2D eigenvalue weighted by Crippen LogP contribution is -2.13. The highest BCUT2D eigenvalue weighted by Crippen LogP contribution is 2.06. The average molecular weight is 204 g/mol. The second-order valence-corrected chi connectivity index (χ2v) is 3.16. The third-order valence-electron chi connectivity index (χ3n) is 2.09. The first-order chi connectivity index (χ1) is 7.27. The number of para-hydroxylation sites is 1. The number of hydrogen-bond donors (Lipinski definition) is 2. The Bertz CT molecular complexity index is 344. The minimum atomic E-state index is 0.0842. The average Bonchev–Trinajstić information content (AvgIpc) is 2.31. The molecule has 0 bridgehead atoms. The summed E-state index contributed by atoms with van der Waals surface area (Å²) in [5, 5.41) is 3.05. The van der Waals surface area contributed by atoms with Crippen LogP contribution in [0.5, 0.6) is 0 Å². The van der Waals surface area contributed by atoms with Crippen LogP contribution in [0, 0.1) is 0 Å². The van der Waals surface area contributed by atoms with Crippen LogP contribution >= 0.6 is 0 Å². The van der Waals surface area contributed by atoms with Gasteiger partial charge >= 0.3 is 0 Å². The Kier molecular flexibility index (Phi) is 4.57. The van der Waals surface area contributed by atoms with Gasteiger partial charge < -0.3 is 11.1 Å². The zero-order chi connectivity index (χ0) is 11.1. The Hall–Kier alpha value is -1.61. The molecule has 0 unspecified atom stereocenters. The Balaban J connectivity index is 2.67. The van der Waals surface area contributed by atoms with Gasteiger partial charge in [-0.3, -0.25) is 4.79 Å². The predicted molar refractivity (Wildman–Crippen MR) is 62.5 cm³/mol. The first-order valence-corrected chi connectivity index (χ1v) is 5.01. The standard InChI is InChI=1S/C12H16N2O/c1-2-12(15)10(8-13)9-14-11-6-4-3-5-7-11/h3-7,9,14H,2,8,13H2,1H3/b10-9+. The SMILES string of the molecule is CCC(=O)/C(=C/Nc1ccccc1)CN. The number of nitrogens with two attached hydrogens (primary N) is 1. The summed E-state index contributed by atoms with van der Waals surface area (Å²) in [5.41, 5.74) is 7.06. The molecule has 0 aliphatic heterocycles. The number of rotatable bonds is 5. The van der Waals surface area contributed by atoms with Crippen molar-refractivity contribution in [2.45, 2.75) is 13.3 Å². The van der Waals surface area contributed by atoms with Gasteiger partial charge in [-0.25, -0.2) is 0 Å². The molecule has 3 nitrogen and oxygen atoms in total. The van der Waals surface area contributed by atoms with E-state index in [1.165, 1.54) is 0 Å². The van der Waals surface area contributed by atoms with Gasteiger partial charge in [0, 0.05) is 30.4 Å². The van der Waals surface area contributed by atoms with Crippen molar-refractivity contribution < 1.29 is 4.79 Å². The molecule has 0 heterocycles. The number of ketones is 1. The van der Waals surface area contributed by atoms with E-state index in [0.29, 0.717) is 12.0 Å². The van der Waals surface area contributed by atoms with Crippen molar-refractivity contribution in [1.82, 2.24) is 0 Å². The van der Waals surface area contributed by atoms with Crippen LogP contribution in [0.4, 0.5) is 5.69 Å². The van der Waals surface area contributed by atoms with Gasteiger partial charge in [0.25, 0.3) is 0 Å². The van der Waals surface area contributed by atoms with Crippen molar-refractivity contribution in [2.75, 3.05) is 11.9 Å². The molecule has 1 rings (SSSR count). The number of nitrogens with one attached hydrogen (secondary N) is 1. The predicted octanol–water partition coefficient (Wildman–Crippen LogP) is 1.92. The van der Waals surface area contributed by atoms with E-state index in [1.54, 1.807) is 6.20 Å².